The summed E-state index contributed by atoms with van der Waals surface area (Å²) in [4.78, 5) is 27.0. The number of nitrogens with one attached hydrogen (secondary N) is 1. The summed E-state index contributed by atoms with van der Waals surface area (Å²) >= 11 is 0. The van der Waals surface area contributed by atoms with Crippen LogP contribution in [-0.2, 0) is 26.2 Å². The molecule has 2 amide bonds. The minimum Gasteiger partial charge on any atom is -0.357 e. The van der Waals surface area contributed by atoms with E-state index in [1.165, 1.54) is 28.4 Å². The summed E-state index contributed by atoms with van der Waals surface area (Å²) in [6, 6.07) is 13.8. The summed E-state index contributed by atoms with van der Waals surface area (Å²) in [5.74, 6) is -0.942. The van der Waals surface area contributed by atoms with E-state index in [0.717, 1.165) is 6.26 Å². The monoisotopic (exact) mass is 463 g/mol. The Labute approximate surface area is 189 Å². The maximum absolute atomic E-state index is 13.3. The fraction of sp³-hybridized carbons (Fsp3) is 0.391. The Hall–Kier alpha value is -2.94. The van der Waals surface area contributed by atoms with Crippen LogP contribution in [0, 0.1) is 5.82 Å². The number of carbonyl (C=O) groups is 2. The van der Waals surface area contributed by atoms with Crippen molar-refractivity contribution >= 4 is 27.5 Å². The zero-order chi connectivity index (χ0) is 23.7. The molecule has 0 aliphatic rings. The number of halogens is 1. The molecule has 0 fully saturated rings. The number of para-hydroxylation sites is 1. The van der Waals surface area contributed by atoms with Crippen LogP contribution >= 0.6 is 0 Å². The van der Waals surface area contributed by atoms with E-state index >= 15 is 0 Å². The van der Waals surface area contributed by atoms with E-state index in [0.29, 0.717) is 17.7 Å². The highest BCUT2D eigenvalue weighted by Gasteiger charge is 2.28. The minimum atomic E-state index is -3.52. The van der Waals surface area contributed by atoms with Crippen molar-refractivity contribution in [3.63, 3.8) is 0 Å². The van der Waals surface area contributed by atoms with E-state index in [2.05, 4.69) is 5.32 Å². The lowest BCUT2D eigenvalue weighted by molar-refractivity contribution is -0.141. The number of likely N-dealkylation sites (N-methyl/N-ethyl adjacent to an activating group) is 1. The first-order valence-corrected chi connectivity index (χ1v) is 12.3. The number of amides is 2. The summed E-state index contributed by atoms with van der Waals surface area (Å²) < 4.78 is 39.0. The third-order valence-corrected chi connectivity index (χ3v) is 6.29. The van der Waals surface area contributed by atoms with Gasteiger partial charge in [0.15, 0.2) is 0 Å². The lowest BCUT2D eigenvalue weighted by Gasteiger charge is -2.30. The molecule has 0 spiro atoms. The summed E-state index contributed by atoms with van der Waals surface area (Å²) in [7, 11) is -2.01. The van der Waals surface area contributed by atoms with Crippen molar-refractivity contribution in [2.45, 2.75) is 38.8 Å². The molecule has 0 bridgehead atoms. The van der Waals surface area contributed by atoms with E-state index in [1.54, 1.807) is 42.5 Å². The molecule has 1 N–H and O–H groups in total. The second-order valence-electron chi connectivity index (χ2n) is 7.46. The normalized spacial score (nSPS) is 12.1. The van der Waals surface area contributed by atoms with Crippen LogP contribution in [0.3, 0.4) is 0 Å². The fourth-order valence-corrected chi connectivity index (χ4v) is 4.44. The average molecular weight is 464 g/mol. The second kappa shape index (κ2) is 11.6. The van der Waals surface area contributed by atoms with E-state index in [1.807, 2.05) is 6.92 Å². The van der Waals surface area contributed by atoms with Gasteiger partial charge in [0.05, 0.1) is 11.9 Å². The second-order valence-corrected chi connectivity index (χ2v) is 9.37. The van der Waals surface area contributed by atoms with Crippen molar-refractivity contribution in [2.24, 2.45) is 0 Å². The van der Waals surface area contributed by atoms with E-state index in [4.69, 9.17) is 0 Å². The van der Waals surface area contributed by atoms with Crippen molar-refractivity contribution in [3.05, 3.63) is 66.0 Å². The molecule has 2 aromatic carbocycles. The molecule has 0 radical (unpaired) electrons. The van der Waals surface area contributed by atoms with Crippen LogP contribution in [0.25, 0.3) is 0 Å². The predicted octanol–water partition coefficient (Wildman–Crippen LogP) is 2.93. The smallest absolute Gasteiger partial charge is 0.242 e. The van der Waals surface area contributed by atoms with Gasteiger partial charge in [-0.1, -0.05) is 37.3 Å². The highest BCUT2D eigenvalue weighted by Crippen LogP contribution is 2.19. The van der Waals surface area contributed by atoms with Gasteiger partial charge in [0.2, 0.25) is 21.8 Å². The van der Waals surface area contributed by atoms with Crippen LogP contribution in [0.1, 0.15) is 31.7 Å². The van der Waals surface area contributed by atoms with Crippen LogP contribution in [-0.4, -0.2) is 51.0 Å². The Kier molecular flexibility index (Phi) is 9.19. The van der Waals surface area contributed by atoms with Crippen LogP contribution in [0.2, 0.25) is 0 Å². The molecule has 7 nitrogen and oxygen atoms in total. The Balaban J connectivity index is 2.15. The zero-order valence-corrected chi connectivity index (χ0v) is 19.4. The lowest BCUT2D eigenvalue weighted by Crippen LogP contribution is -2.48. The third-order valence-electron chi connectivity index (χ3n) is 5.09. The molecule has 32 heavy (non-hydrogen) atoms. The zero-order valence-electron chi connectivity index (χ0n) is 18.6. The molecular formula is C23H30FN3O4S. The maximum Gasteiger partial charge on any atom is 0.242 e. The molecule has 0 heterocycles. The van der Waals surface area contributed by atoms with Gasteiger partial charge in [0, 0.05) is 26.6 Å². The molecule has 2 rings (SSSR count). The minimum absolute atomic E-state index is 0.0630. The highest BCUT2D eigenvalue weighted by atomic mass is 32.2. The highest BCUT2D eigenvalue weighted by molar-refractivity contribution is 7.92. The van der Waals surface area contributed by atoms with E-state index < -0.39 is 16.1 Å². The summed E-state index contributed by atoms with van der Waals surface area (Å²) in [5, 5.41) is 2.58. The first-order valence-electron chi connectivity index (χ1n) is 10.5. The molecule has 2 aromatic rings. The number of benzene rings is 2. The quantitative estimate of drug-likeness (QED) is 0.555. The summed E-state index contributed by atoms with van der Waals surface area (Å²) in [6.07, 6.45) is 1.88. The molecule has 0 aliphatic carbocycles. The van der Waals surface area contributed by atoms with Gasteiger partial charge in [-0.3, -0.25) is 13.9 Å². The van der Waals surface area contributed by atoms with Crippen molar-refractivity contribution in [2.75, 3.05) is 24.2 Å². The third kappa shape index (κ3) is 7.05. The van der Waals surface area contributed by atoms with Crippen molar-refractivity contribution < 1.29 is 22.4 Å². The Morgan fingerprint density at radius 1 is 1.06 bits per heavy atom. The number of carbonyl (C=O) groups excluding carboxylic acids is 2. The van der Waals surface area contributed by atoms with Crippen LogP contribution in [0.15, 0.2) is 54.6 Å². The van der Waals surface area contributed by atoms with Crippen LogP contribution in [0.5, 0.6) is 0 Å². The maximum atomic E-state index is 13.3. The van der Waals surface area contributed by atoms with Crippen LogP contribution < -0.4 is 9.62 Å². The average Bonchev–Trinajstić information content (AvgIpc) is 2.77. The van der Waals surface area contributed by atoms with E-state index in [-0.39, 0.29) is 43.6 Å². The topological polar surface area (TPSA) is 86.8 Å². The first-order chi connectivity index (χ1) is 15.2. The number of hydrogen-bond donors (Lipinski definition) is 1. The summed E-state index contributed by atoms with van der Waals surface area (Å²) in [5.41, 5.74) is 1.23. The SMILES string of the molecule is CC[C@@H](C(=O)NC)N(Cc1ccc(F)cc1)C(=O)CCCN(c1ccccc1)S(C)(=O)=O. The van der Waals surface area contributed by atoms with Gasteiger partial charge in [-0.2, -0.15) is 0 Å². The Morgan fingerprint density at radius 2 is 1.69 bits per heavy atom. The Morgan fingerprint density at radius 3 is 2.22 bits per heavy atom. The lowest BCUT2D eigenvalue weighted by atomic mass is 10.1. The number of rotatable bonds is 11. The number of anilines is 1. The van der Waals surface area contributed by atoms with E-state index in [9.17, 15) is 22.4 Å². The molecule has 174 valence electrons. The first kappa shape index (κ1) is 25.3. The van der Waals surface area contributed by atoms with Gasteiger partial charge in [0.1, 0.15) is 11.9 Å². The molecule has 9 heteroatoms. The fourth-order valence-electron chi connectivity index (χ4n) is 3.47. The van der Waals surface area contributed by atoms with Gasteiger partial charge in [-0.15, -0.1) is 0 Å². The molecule has 0 aliphatic heterocycles. The number of hydrogen-bond acceptors (Lipinski definition) is 4. The van der Waals surface area contributed by atoms with Crippen molar-refractivity contribution in [1.82, 2.24) is 10.2 Å². The van der Waals surface area contributed by atoms with Gasteiger partial charge in [-0.05, 0) is 42.7 Å². The van der Waals surface area contributed by atoms with Gasteiger partial charge < -0.3 is 10.2 Å². The van der Waals surface area contributed by atoms with Crippen molar-refractivity contribution in [1.29, 1.82) is 0 Å². The van der Waals surface area contributed by atoms with Gasteiger partial charge in [0.25, 0.3) is 0 Å². The largest absolute Gasteiger partial charge is 0.357 e. The molecular weight excluding hydrogens is 433 g/mol. The standard InChI is InChI=1S/C23H30FN3O4S/c1-4-21(23(29)25-2)26(17-18-12-14-19(24)15-13-18)22(28)11-8-16-27(32(3,30)31)20-9-6-5-7-10-20/h5-7,9-10,12-15,21H,4,8,11,16-17H2,1-3H3,(H,25,29)/t21-/m0/s1. The van der Waals surface area contributed by atoms with Gasteiger partial charge in [-0.25, -0.2) is 12.8 Å². The number of sulfonamides is 1. The summed E-state index contributed by atoms with van der Waals surface area (Å²) in [6.45, 7) is 2.10. The van der Waals surface area contributed by atoms with Gasteiger partial charge >= 0.3 is 0 Å². The molecule has 0 unspecified atom stereocenters. The Bertz CT molecular complexity index is 998. The molecule has 0 saturated heterocycles. The number of nitrogens with zero attached hydrogens (tertiary/aromatic N) is 2. The van der Waals surface area contributed by atoms with Crippen LogP contribution in [0.4, 0.5) is 10.1 Å². The predicted molar refractivity (Wildman–Crippen MR) is 123 cm³/mol. The van der Waals surface area contributed by atoms with Crippen molar-refractivity contribution in [3.8, 4) is 0 Å². The molecule has 0 aromatic heterocycles. The molecule has 1 atom stereocenters. The molecule has 0 saturated carbocycles.